The van der Waals surface area contributed by atoms with Crippen LogP contribution in [0.5, 0.6) is 0 Å². The van der Waals surface area contributed by atoms with Crippen LogP contribution in [-0.4, -0.2) is 16.2 Å². The SMILES string of the molecule is C(=NNc1cccc2cccnc12)c1ccncc1. The third kappa shape index (κ3) is 2.57. The standard InChI is InChI=1S/C15H12N4/c1-3-13-4-2-8-17-15(13)14(5-1)19-18-11-12-6-9-16-10-7-12/h1-11,19H. The van der Waals surface area contributed by atoms with Crippen LogP contribution in [0, 0.1) is 0 Å². The van der Waals surface area contributed by atoms with Gasteiger partial charge in [-0.15, -0.1) is 0 Å². The van der Waals surface area contributed by atoms with Gasteiger partial charge in [-0.25, -0.2) is 0 Å². The van der Waals surface area contributed by atoms with Gasteiger partial charge in [0.1, 0.15) is 0 Å². The number of nitrogens with zero attached hydrogens (tertiary/aromatic N) is 3. The molecule has 2 aromatic heterocycles. The number of fused-ring (bicyclic) bond motifs is 1. The average Bonchev–Trinajstić information content (AvgIpc) is 2.49. The Morgan fingerprint density at radius 2 is 1.79 bits per heavy atom. The third-order valence-corrected chi connectivity index (χ3v) is 2.74. The van der Waals surface area contributed by atoms with E-state index in [9.17, 15) is 0 Å². The van der Waals surface area contributed by atoms with Crippen molar-refractivity contribution in [1.82, 2.24) is 9.97 Å². The molecule has 4 nitrogen and oxygen atoms in total. The molecule has 0 fully saturated rings. The summed E-state index contributed by atoms with van der Waals surface area (Å²) in [6.45, 7) is 0. The van der Waals surface area contributed by atoms with Crippen LogP contribution in [0.1, 0.15) is 5.56 Å². The lowest BCUT2D eigenvalue weighted by atomic mass is 10.2. The molecule has 0 amide bonds. The van der Waals surface area contributed by atoms with Gasteiger partial charge >= 0.3 is 0 Å². The van der Waals surface area contributed by atoms with E-state index in [2.05, 4.69) is 20.5 Å². The van der Waals surface area contributed by atoms with Crippen LogP contribution in [0.4, 0.5) is 5.69 Å². The van der Waals surface area contributed by atoms with Crippen LogP contribution in [-0.2, 0) is 0 Å². The molecule has 0 aliphatic heterocycles. The molecular formula is C15H12N4. The molecule has 92 valence electrons. The maximum atomic E-state index is 4.36. The highest BCUT2D eigenvalue weighted by atomic mass is 15.3. The smallest absolute Gasteiger partial charge is 0.0951 e. The number of para-hydroxylation sites is 1. The fraction of sp³-hybridized carbons (Fsp3) is 0. The van der Waals surface area contributed by atoms with Crippen molar-refractivity contribution < 1.29 is 0 Å². The highest BCUT2D eigenvalue weighted by Gasteiger charge is 1.99. The Hall–Kier alpha value is -2.75. The first kappa shape index (κ1) is 11.3. The van der Waals surface area contributed by atoms with E-state index in [-0.39, 0.29) is 0 Å². The first-order valence-electron chi connectivity index (χ1n) is 5.96. The molecule has 3 rings (SSSR count). The predicted molar refractivity (Wildman–Crippen MR) is 77.2 cm³/mol. The lowest BCUT2D eigenvalue weighted by Gasteiger charge is -2.03. The fourth-order valence-corrected chi connectivity index (χ4v) is 1.82. The van der Waals surface area contributed by atoms with Crippen molar-refractivity contribution in [3.8, 4) is 0 Å². The average molecular weight is 248 g/mol. The van der Waals surface area contributed by atoms with Crippen molar-refractivity contribution in [3.63, 3.8) is 0 Å². The van der Waals surface area contributed by atoms with Crippen molar-refractivity contribution in [2.45, 2.75) is 0 Å². The molecule has 0 saturated carbocycles. The van der Waals surface area contributed by atoms with Crippen LogP contribution < -0.4 is 5.43 Å². The zero-order valence-electron chi connectivity index (χ0n) is 10.2. The fourth-order valence-electron chi connectivity index (χ4n) is 1.82. The van der Waals surface area contributed by atoms with E-state index in [1.807, 2.05) is 42.5 Å². The number of pyridine rings is 2. The van der Waals surface area contributed by atoms with E-state index in [1.54, 1.807) is 24.8 Å². The minimum absolute atomic E-state index is 0.892. The Kier molecular flexibility index (Phi) is 3.14. The molecule has 4 heteroatoms. The van der Waals surface area contributed by atoms with Gasteiger partial charge in [0.05, 0.1) is 17.4 Å². The number of aromatic nitrogens is 2. The molecular weight excluding hydrogens is 236 g/mol. The van der Waals surface area contributed by atoms with E-state index < -0.39 is 0 Å². The van der Waals surface area contributed by atoms with Gasteiger partial charge < -0.3 is 0 Å². The normalized spacial score (nSPS) is 10.9. The number of hydrazone groups is 1. The Labute approximate surface area is 110 Å². The maximum absolute atomic E-state index is 4.36. The van der Waals surface area contributed by atoms with Gasteiger partial charge in [-0.05, 0) is 29.8 Å². The lowest BCUT2D eigenvalue weighted by molar-refractivity contribution is 1.31. The summed E-state index contributed by atoms with van der Waals surface area (Å²) in [6.07, 6.45) is 7.01. The monoisotopic (exact) mass is 248 g/mol. The predicted octanol–water partition coefficient (Wildman–Crippen LogP) is 3.08. The van der Waals surface area contributed by atoms with Crippen molar-refractivity contribution in [2.24, 2.45) is 5.10 Å². The minimum atomic E-state index is 0.892. The molecule has 0 bridgehead atoms. The van der Waals surface area contributed by atoms with Crippen molar-refractivity contribution in [1.29, 1.82) is 0 Å². The van der Waals surface area contributed by atoms with Gasteiger partial charge in [0.2, 0.25) is 0 Å². The summed E-state index contributed by atoms with van der Waals surface area (Å²) in [5.74, 6) is 0. The summed E-state index contributed by atoms with van der Waals surface area (Å²) in [5.41, 5.74) is 5.82. The van der Waals surface area contributed by atoms with Crippen LogP contribution in [0.15, 0.2) is 66.2 Å². The minimum Gasteiger partial charge on any atom is -0.276 e. The molecule has 19 heavy (non-hydrogen) atoms. The number of benzene rings is 1. The second-order valence-electron chi connectivity index (χ2n) is 4.03. The second kappa shape index (κ2) is 5.27. The molecule has 3 aromatic rings. The quantitative estimate of drug-likeness (QED) is 0.572. The number of rotatable bonds is 3. The molecule has 0 spiro atoms. The van der Waals surface area contributed by atoms with Gasteiger partial charge in [0, 0.05) is 24.0 Å². The number of nitrogens with one attached hydrogen (secondary N) is 1. The van der Waals surface area contributed by atoms with E-state index >= 15 is 0 Å². The summed E-state index contributed by atoms with van der Waals surface area (Å²) in [4.78, 5) is 8.32. The molecule has 0 radical (unpaired) electrons. The van der Waals surface area contributed by atoms with Crippen molar-refractivity contribution in [3.05, 3.63) is 66.6 Å². The number of hydrogen-bond acceptors (Lipinski definition) is 4. The van der Waals surface area contributed by atoms with Crippen LogP contribution in [0.3, 0.4) is 0 Å². The Balaban J connectivity index is 1.84. The van der Waals surface area contributed by atoms with E-state index in [4.69, 9.17) is 0 Å². The first-order chi connectivity index (χ1) is 9.43. The largest absolute Gasteiger partial charge is 0.276 e. The van der Waals surface area contributed by atoms with E-state index in [0.29, 0.717) is 0 Å². The van der Waals surface area contributed by atoms with Crippen molar-refractivity contribution in [2.75, 3.05) is 5.43 Å². The highest BCUT2D eigenvalue weighted by Crippen LogP contribution is 2.20. The van der Waals surface area contributed by atoms with Gasteiger partial charge in [-0.2, -0.15) is 5.10 Å². The molecule has 2 heterocycles. The zero-order valence-corrected chi connectivity index (χ0v) is 10.2. The first-order valence-corrected chi connectivity index (χ1v) is 5.96. The second-order valence-corrected chi connectivity index (χ2v) is 4.03. The van der Waals surface area contributed by atoms with Crippen LogP contribution in [0.25, 0.3) is 10.9 Å². The molecule has 0 unspecified atom stereocenters. The molecule has 1 aromatic carbocycles. The van der Waals surface area contributed by atoms with Gasteiger partial charge in [-0.1, -0.05) is 18.2 Å². The summed E-state index contributed by atoms with van der Waals surface area (Å²) >= 11 is 0. The van der Waals surface area contributed by atoms with Gasteiger partial charge in [0.15, 0.2) is 0 Å². The molecule has 0 atom stereocenters. The van der Waals surface area contributed by atoms with E-state index in [1.165, 1.54) is 0 Å². The van der Waals surface area contributed by atoms with Gasteiger partial charge in [-0.3, -0.25) is 15.4 Å². The Morgan fingerprint density at radius 1 is 0.947 bits per heavy atom. The highest BCUT2D eigenvalue weighted by molar-refractivity contribution is 5.90. The number of anilines is 1. The topological polar surface area (TPSA) is 50.2 Å². The number of hydrogen-bond donors (Lipinski definition) is 1. The van der Waals surface area contributed by atoms with Gasteiger partial charge in [0.25, 0.3) is 0 Å². The van der Waals surface area contributed by atoms with Crippen molar-refractivity contribution >= 4 is 22.8 Å². The molecule has 0 saturated heterocycles. The maximum Gasteiger partial charge on any atom is 0.0951 e. The van der Waals surface area contributed by atoms with Crippen LogP contribution >= 0.6 is 0 Å². The molecule has 0 aliphatic carbocycles. The molecule has 0 aliphatic rings. The molecule has 1 N–H and O–H groups in total. The lowest BCUT2D eigenvalue weighted by Crippen LogP contribution is -1.92. The summed E-state index contributed by atoms with van der Waals surface area (Å²) in [6, 6.07) is 13.7. The van der Waals surface area contributed by atoms with E-state index in [0.717, 1.165) is 22.2 Å². The summed E-state index contributed by atoms with van der Waals surface area (Å²) in [5, 5.41) is 5.31. The summed E-state index contributed by atoms with van der Waals surface area (Å²) in [7, 11) is 0. The Bertz CT molecular complexity index is 702. The Morgan fingerprint density at radius 3 is 2.68 bits per heavy atom. The third-order valence-electron chi connectivity index (χ3n) is 2.74. The zero-order chi connectivity index (χ0) is 12.9. The van der Waals surface area contributed by atoms with Crippen LogP contribution in [0.2, 0.25) is 0 Å². The summed E-state index contributed by atoms with van der Waals surface area (Å²) < 4.78 is 0.